The number of aromatic nitrogens is 1. The Kier molecular flexibility index (Phi) is 4.01. The van der Waals surface area contributed by atoms with Crippen molar-refractivity contribution < 1.29 is 22.9 Å². The van der Waals surface area contributed by atoms with Gasteiger partial charge in [0.2, 0.25) is 5.82 Å². The highest BCUT2D eigenvalue weighted by atomic mass is 32.2. The standard InChI is InChI=1S/C13H12F3N5O3S/c14-13(15,16)9-8(11(18)22)25-12(5-1-2-5)20(9)7-4-3-6(21(23)24)10(17)19-7/h3-5,12H,1-2H2,(H2,17,19)(H2,18,22). The van der Waals surface area contributed by atoms with E-state index in [-0.39, 0.29) is 11.7 Å². The van der Waals surface area contributed by atoms with Crippen LogP contribution in [0.25, 0.3) is 0 Å². The van der Waals surface area contributed by atoms with Gasteiger partial charge in [0.25, 0.3) is 5.91 Å². The Balaban J connectivity index is 2.13. The number of amides is 1. The molecule has 8 nitrogen and oxygen atoms in total. The van der Waals surface area contributed by atoms with Crippen molar-refractivity contribution in [3.05, 3.63) is 32.8 Å². The van der Waals surface area contributed by atoms with Crippen molar-refractivity contribution in [2.45, 2.75) is 24.4 Å². The summed E-state index contributed by atoms with van der Waals surface area (Å²) in [5.41, 5.74) is 8.91. The van der Waals surface area contributed by atoms with Gasteiger partial charge in [0.1, 0.15) is 16.4 Å². The van der Waals surface area contributed by atoms with Gasteiger partial charge >= 0.3 is 11.9 Å². The lowest BCUT2D eigenvalue weighted by Gasteiger charge is -2.28. The molecule has 1 saturated carbocycles. The molecule has 1 aliphatic heterocycles. The first kappa shape index (κ1) is 17.3. The number of nitrogens with zero attached hydrogens (tertiary/aromatic N) is 3. The maximum Gasteiger partial charge on any atom is 0.432 e. The van der Waals surface area contributed by atoms with Gasteiger partial charge in [-0.3, -0.25) is 14.9 Å². The van der Waals surface area contributed by atoms with E-state index in [0.717, 1.165) is 28.8 Å². The number of hydrogen-bond donors (Lipinski definition) is 2. The molecule has 0 spiro atoms. The Morgan fingerprint density at radius 2 is 2.04 bits per heavy atom. The highest BCUT2D eigenvalue weighted by molar-refractivity contribution is 8.05. The summed E-state index contributed by atoms with van der Waals surface area (Å²) in [6.45, 7) is 0. The number of alkyl halides is 3. The first-order valence-corrected chi connectivity index (χ1v) is 7.97. The number of anilines is 2. The summed E-state index contributed by atoms with van der Waals surface area (Å²) in [7, 11) is 0. The van der Waals surface area contributed by atoms with E-state index in [2.05, 4.69) is 4.98 Å². The molecular formula is C13H12F3N5O3S. The molecule has 3 rings (SSSR count). The summed E-state index contributed by atoms with van der Waals surface area (Å²) in [6.07, 6.45) is -3.44. The van der Waals surface area contributed by atoms with Crippen LogP contribution in [0.5, 0.6) is 0 Å². The summed E-state index contributed by atoms with van der Waals surface area (Å²) in [5.74, 6) is -1.97. The molecule has 1 fully saturated rings. The Hall–Kier alpha value is -2.50. The number of hydrogen-bond acceptors (Lipinski definition) is 7. The smallest absolute Gasteiger partial charge is 0.378 e. The molecule has 1 aromatic rings. The molecule has 1 atom stereocenters. The Labute approximate surface area is 143 Å². The van der Waals surface area contributed by atoms with E-state index in [1.807, 2.05) is 0 Å². The van der Waals surface area contributed by atoms with Gasteiger partial charge in [-0.15, -0.1) is 0 Å². The van der Waals surface area contributed by atoms with Crippen LogP contribution in [0, 0.1) is 16.0 Å². The van der Waals surface area contributed by atoms with Crippen LogP contribution in [0.2, 0.25) is 0 Å². The van der Waals surface area contributed by atoms with Crippen molar-refractivity contribution in [3.8, 4) is 0 Å². The molecule has 1 aromatic heterocycles. The largest absolute Gasteiger partial charge is 0.432 e. The number of pyridine rings is 1. The van der Waals surface area contributed by atoms with Crippen molar-refractivity contribution in [3.63, 3.8) is 0 Å². The van der Waals surface area contributed by atoms with Gasteiger partial charge in [-0.1, -0.05) is 11.8 Å². The fourth-order valence-corrected chi connectivity index (χ4v) is 4.05. The summed E-state index contributed by atoms with van der Waals surface area (Å²) < 4.78 is 40.8. The predicted molar refractivity (Wildman–Crippen MR) is 84.2 cm³/mol. The highest BCUT2D eigenvalue weighted by Crippen LogP contribution is 2.54. The number of allylic oxidation sites excluding steroid dienone is 1. The van der Waals surface area contributed by atoms with Crippen LogP contribution < -0.4 is 16.4 Å². The van der Waals surface area contributed by atoms with Crippen molar-refractivity contribution in [1.82, 2.24) is 4.98 Å². The van der Waals surface area contributed by atoms with Gasteiger partial charge in [0.05, 0.1) is 10.3 Å². The number of halogens is 3. The number of nitrogens with two attached hydrogens (primary N) is 2. The molecule has 2 heterocycles. The molecular weight excluding hydrogens is 363 g/mol. The minimum atomic E-state index is -4.85. The second-order valence-electron chi connectivity index (χ2n) is 5.59. The van der Waals surface area contributed by atoms with Crippen molar-refractivity contribution in [1.29, 1.82) is 0 Å². The van der Waals surface area contributed by atoms with E-state index in [9.17, 15) is 28.1 Å². The number of carbonyl (C=O) groups excluding carboxylic acids is 1. The number of nitro groups is 1. The van der Waals surface area contributed by atoms with Crippen molar-refractivity contribution >= 4 is 35.0 Å². The molecule has 0 saturated heterocycles. The molecule has 25 heavy (non-hydrogen) atoms. The van der Waals surface area contributed by atoms with E-state index >= 15 is 0 Å². The SMILES string of the molecule is NC(=O)C1=C(C(F)(F)F)N(c2ccc([N+](=O)[O-])c(N)n2)C(C2CC2)S1. The zero-order valence-electron chi connectivity index (χ0n) is 12.5. The lowest BCUT2D eigenvalue weighted by Crippen LogP contribution is -2.37. The Bertz CT molecular complexity index is 794. The number of primary amides is 1. The van der Waals surface area contributed by atoms with Gasteiger partial charge in [-0.25, -0.2) is 4.98 Å². The Morgan fingerprint density at radius 1 is 1.40 bits per heavy atom. The average Bonchev–Trinajstić information content (AvgIpc) is 3.24. The van der Waals surface area contributed by atoms with Crippen LogP contribution in [0.3, 0.4) is 0 Å². The van der Waals surface area contributed by atoms with Crippen LogP contribution in [-0.4, -0.2) is 27.4 Å². The zero-order valence-corrected chi connectivity index (χ0v) is 13.3. The number of nitrogen functional groups attached to an aromatic ring is 1. The van der Waals surface area contributed by atoms with Gasteiger partial charge in [0.15, 0.2) is 0 Å². The fourth-order valence-electron chi connectivity index (χ4n) is 2.58. The molecule has 12 heteroatoms. The van der Waals surface area contributed by atoms with Crippen molar-refractivity contribution in [2.75, 3.05) is 10.6 Å². The topological polar surface area (TPSA) is 128 Å². The Morgan fingerprint density at radius 3 is 2.48 bits per heavy atom. The van der Waals surface area contributed by atoms with Crippen LogP contribution >= 0.6 is 11.8 Å². The third-order valence-electron chi connectivity index (χ3n) is 3.80. The van der Waals surface area contributed by atoms with Crippen LogP contribution in [-0.2, 0) is 4.79 Å². The lowest BCUT2D eigenvalue weighted by molar-refractivity contribution is -0.384. The second-order valence-corrected chi connectivity index (χ2v) is 6.71. The van der Waals surface area contributed by atoms with Gasteiger partial charge in [0, 0.05) is 6.07 Å². The van der Waals surface area contributed by atoms with E-state index in [4.69, 9.17) is 11.5 Å². The molecule has 1 unspecified atom stereocenters. The van der Waals surface area contributed by atoms with E-state index in [1.54, 1.807) is 0 Å². The number of rotatable bonds is 4. The van der Waals surface area contributed by atoms with Gasteiger partial charge in [-0.2, -0.15) is 13.2 Å². The van der Waals surface area contributed by atoms with E-state index in [1.165, 1.54) is 0 Å². The lowest BCUT2D eigenvalue weighted by atomic mass is 10.2. The van der Waals surface area contributed by atoms with Crippen LogP contribution in [0.4, 0.5) is 30.5 Å². The van der Waals surface area contributed by atoms with Gasteiger partial charge < -0.3 is 16.4 Å². The molecule has 4 N–H and O–H groups in total. The average molecular weight is 375 g/mol. The summed E-state index contributed by atoms with van der Waals surface area (Å²) in [6, 6.07) is 2.07. The summed E-state index contributed by atoms with van der Waals surface area (Å²) >= 11 is 0.740. The first-order valence-electron chi connectivity index (χ1n) is 7.09. The quantitative estimate of drug-likeness (QED) is 0.609. The third-order valence-corrected chi connectivity index (χ3v) is 5.27. The minimum Gasteiger partial charge on any atom is -0.378 e. The van der Waals surface area contributed by atoms with E-state index in [0.29, 0.717) is 12.8 Å². The third kappa shape index (κ3) is 3.08. The maximum absolute atomic E-state index is 13.6. The maximum atomic E-state index is 13.6. The molecule has 1 amide bonds. The molecule has 2 aliphatic rings. The van der Waals surface area contributed by atoms with Crippen molar-refractivity contribution in [2.24, 2.45) is 11.7 Å². The van der Waals surface area contributed by atoms with Crippen LogP contribution in [0.1, 0.15) is 12.8 Å². The normalized spacial score (nSPS) is 20.9. The highest BCUT2D eigenvalue weighted by Gasteiger charge is 2.53. The van der Waals surface area contributed by atoms with E-state index < -0.39 is 44.5 Å². The summed E-state index contributed by atoms with van der Waals surface area (Å²) in [5, 5.41) is 10.1. The minimum absolute atomic E-state index is 0.0718. The predicted octanol–water partition coefficient (Wildman–Crippen LogP) is 2.12. The molecule has 1 aliphatic carbocycles. The molecule has 0 bridgehead atoms. The van der Waals surface area contributed by atoms with Crippen LogP contribution in [0.15, 0.2) is 22.7 Å². The first-order chi connectivity index (χ1) is 11.6. The zero-order chi connectivity index (χ0) is 18.5. The fraction of sp³-hybridized carbons (Fsp3) is 0.385. The number of carbonyl (C=O) groups is 1. The molecule has 0 aromatic carbocycles. The van der Waals surface area contributed by atoms with Gasteiger partial charge in [-0.05, 0) is 24.8 Å². The molecule has 134 valence electrons. The summed E-state index contributed by atoms with van der Waals surface area (Å²) in [4.78, 5) is 25.6. The second kappa shape index (κ2) is 5.79. The number of thioether (sulfide) groups is 1. The monoisotopic (exact) mass is 375 g/mol. The molecule has 0 radical (unpaired) electrons.